The van der Waals surface area contributed by atoms with Crippen molar-refractivity contribution < 1.29 is 0 Å². The van der Waals surface area contributed by atoms with Crippen molar-refractivity contribution in [1.29, 1.82) is 0 Å². The Kier molecular flexibility index (Phi) is 2.33. The van der Waals surface area contributed by atoms with Gasteiger partial charge in [0.05, 0.1) is 5.51 Å². The third kappa shape index (κ3) is 1.73. The molecule has 2 aromatic rings. The van der Waals surface area contributed by atoms with Crippen LogP contribution in [0.25, 0.3) is 11.5 Å². The van der Waals surface area contributed by atoms with Crippen LogP contribution in [0.4, 0.5) is 0 Å². The first kappa shape index (κ1) is 8.33. The molecule has 0 atom stereocenters. The van der Waals surface area contributed by atoms with E-state index >= 15 is 0 Å². The highest BCUT2D eigenvalue weighted by atomic mass is 32.1. The van der Waals surface area contributed by atoms with E-state index in [0.29, 0.717) is 12.4 Å². The number of nitrogens with zero attached hydrogens (tertiary/aromatic N) is 3. The van der Waals surface area contributed by atoms with Gasteiger partial charge in [0, 0.05) is 11.8 Å². The molecule has 2 heterocycles. The summed E-state index contributed by atoms with van der Waals surface area (Å²) in [6.07, 6.45) is 0.719. The molecular weight excluding hydrogens is 186 g/mol. The number of aromatic nitrogens is 4. The molecule has 0 spiro atoms. The Hall–Kier alpha value is -1.27. The van der Waals surface area contributed by atoms with Crippen LogP contribution in [0.3, 0.4) is 0 Å². The highest BCUT2D eigenvalue weighted by Crippen LogP contribution is 2.13. The van der Waals surface area contributed by atoms with E-state index in [-0.39, 0.29) is 0 Å². The molecule has 3 N–H and O–H groups in total. The van der Waals surface area contributed by atoms with Gasteiger partial charge in [0.1, 0.15) is 11.5 Å². The van der Waals surface area contributed by atoms with Gasteiger partial charge in [0.2, 0.25) is 5.82 Å². The maximum absolute atomic E-state index is 5.39. The van der Waals surface area contributed by atoms with E-state index in [1.807, 2.05) is 5.38 Å². The number of hydrogen-bond donors (Lipinski definition) is 2. The minimum absolute atomic E-state index is 0.575. The van der Waals surface area contributed by atoms with Gasteiger partial charge in [-0.05, 0) is 6.54 Å². The molecular formula is C7H9N5S. The number of aromatic amines is 1. The third-order valence-electron chi connectivity index (χ3n) is 1.57. The number of thiazole rings is 1. The summed E-state index contributed by atoms with van der Waals surface area (Å²) in [6, 6.07) is 0. The summed E-state index contributed by atoms with van der Waals surface area (Å²) in [5.41, 5.74) is 7.96. The maximum atomic E-state index is 5.39. The lowest BCUT2D eigenvalue weighted by atomic mass is 10.4. The van der Waals surface area contributed by atoms with Crippen LogP contribution in [0.1, 0.15) is 5.82 Å². The lowest BCUT2D eigenvalue weighted by Gasteiger charge is -1.86. The molecule has 68 valence electrons. The molecule has 0 aromatic carbocycles. The molecule has 0 aliphatic rings. The predicted octanol–water partition coefficient (Wildman–Crippen LogP) is 0.429. The number of H-pyrrole nitrogens is 1. The lowest BCUT2D eigenvalue weighted by molar-refractivity contribution is 0.874. The lowest BCUT2D eigenvalue weighted by Crippen LogP contribution is -2.03. The Morgan fingerprint density at radius 3 is 3.15 bits per heavy atom. The summed E-state index contributed by atoms with van der Waals surface area (Å²) in [6.45, 7) is 0.575. The predicted molar refractivity (Wildman–Crippen MR) is 50.2 cm³/mol. The first-order valence-corrected chi connectivity index (χ1v) is 4.84. The second kappa shape index (κ2) is 3.63. The topological polar surface area (TPSA) is 80.5 Å². The Labute approximate surface area is 79.0 Å². The van der Waals surface area contributed by atoms with Crippen molar-refractivity contribution >= 4 is 11.3 Å². The number of hydrogen-bond acceptors (Lipinski definition) is 5. The van der Waals surface area contributed by atoms with Gasteiger partial charge in [-0.15, -0.1) is 11.3 Å². The highest BCUT2D eigenvalue weighted by Gasteiger charge is 2.06. The molecule has 0 saturated heterocycles. The zero-order chi connectivity index (χ0) is 9.10. The molecule has 0 aliphatic carbocycles. The van der Waals surface area contributed by atoms with Gasteiger partial charge in [-0.25, -0.2) is 9.97 Å². The second-order valence-corrected chi connectivity index (χ2v) is 3.24. The fraction of sp³-hybridized carbons (Fsp3) is 0.286. The van der Waals surface area contributed by atoms with Crippen molar-refractivity contribution in [1.82, 2.24) is 20.2 Å². The minimum atomic E-state index is 0.575. The molecule has 5 nitrogen and oxygen atoms in total. The molecule has 13 heavy (non-hydrogen) atoms. The summed E-state index contributed by atoms with van der Waals surface area (Å²) in [5, 5.41) is 8.76. The van der Waals surface area contributed by atoms with E-state index in [1.54, 1.807) is 5.51 Å². The van der Waals surface area contributed by atoms with E-state index < -0.39 is 0 Å². The fourth-order valence-electron chi connectivity index (χ4n) is 0.981. The van der Waals surface area contributed by atoms with Gasteiger partial charge in [-0.2, -0.15) is 5.10 Å². The molecule has 0 aliphatic heterocycles. The molecule has 0 unspecified atom stereocenters. The van der Waals surface area contributed by atoms with Crippen molar-refractivity contribution in [2.75, 3.05) is 6.54 Å². The largest absolute Gasteiger partial charge is 0.330 e. The van der Waals surface area contributed by atoms with Gasteiger partial charge in [-0.3, -0.25) is 5.10 Å². The monoisotopic (exact) mass is 195 g/mol. The van der Waals surface area contributed by atoms with E-state index in [9.17, 15) is 0 Å². The third-order valence-corrected chi connectivity index (χ3v) is 2.16. The molecule has 0 saturated carbocycles. The van der Waals surface area contributed by atoms with E-state index in [0.717, 1.165) is 17.9 Å². The van der Waals surface area contributed by atoms with Crippen molar-refractivity contribution in [3.05, 3.63) is 16.7 Å². The van der Waals surface area contributed by atoms with Crippen molar-refractivity contribution in [3.8, 4) is 11.5 Å². The van der Waals surface area contributed by atoms with E-state index in [1.165, 1.54) is 11.3 Å². The summed E-state index contributed by atoms with van der Waals surface area (Å²) >= 11 is 1.53. The summed E-state index contributed by atoms with van der Waals surface area (Å²) < 4.78 is 0. The van der Waals surface area contributed by atoms with E-state index in [4.69, 9.17) is 5.73 Å². The SMILES string of the molecule is NCCc1nc(-c2cscn2)n[nH]1. The van der Waals surface area contributed by atoms with Crippen LogP contribution >= 0.6 is 11.3 Å². The smallest absolute Gasteiger partial charge is 0.200 e. The molecule has 6 heteroatoms. The average Bonchev–Trinajstić information content (AvgIpc) is 2.70. The van der Waals surface area contributed by atoms with Crippen molar-refractivity contribution in [2.24, 2.45) is 5.73 Å². The summed E-state index contributed by atoms with van der Waals surface area (Å²) in [5.74, 6) is 1.45. The standard InChI is InChI=1S/C7H9N5S/c8-2-1-6-10-7(12-11-6)5-3-13-4-9-5/h3-4H,1-2,8H2,(H,10,11,12). The molecule has 0 amide bonds. The molecule has 0 radical (unpaired) electrons. The van der Waals surface area contributed by atoms with Crippen LogP contribution in [0.15, 0.2) is 10.9 Å². The quantitative estimate of drug-likeness (QED) is 0.744. The minimum Gasteiger partial charge on any atom is -0.330 e. The Balaban J connectivity index is 2.23. The van der Waals surface area contributed by atoms with Gasteiger partial charge in [0.25, 0.3) is 0 Å². The Morgan fingerprint density at radius 1 is 1.54 bits per heavy atom. The average molecular weight is 195 g/mol. The summed E-state index contributed by atoms with van der Waals surface area (Å²) in [7, 11) is 0. The van der Waals surface area contributed by atoms with Crippen molar-refractivity contribution in [3.63, 3.8) is 0 Å². The normalized spacial score (nSPS) is 10.5. The van der Waals surface area contributed by atoms with Gasteiger partial charge in [0.15, 0.2) is 0 Å². The Morgan fingerprint density at radius 2 is 2.46 bits per heavy atom. The van der Waals surface area contributed by atoms with Gasteiger partial charge in [-0.1, -0.05) is 0 Å². The maximum Gasteiger partial charge on any atom is 0.200 e. The van der Waals surface area contributed by atoms with Crippen LogP contribution in [0, 0.1) is 0 Å². The van der Waals surface area contributed by atoms with Crippen LogP contribution < -0.4 is 5.73 Å². The van der Waals surface area contributed by atoms with Crippen molar-refractivity contribution in [2.45, 2.75) is 6.42 Å². The van der Waals surface area contributed by atoms with Crippen LogP contribution in [0.2, 0.25) is 0 Å². The molecule has 0 fully saturated rings. The zero-order valence-corrected chi connectivity index (χ0v) is 7.71. The molecule has 2 rings (SSSR count). The van der Waals surface area contributed by atoms with Gasteiger partial charge >= 0.3 is 0 Å². The van der Waals surface area contributed by atoms with Gasteiger partial charge < -0.3 is 5.73 Å². The first-order valence-electron chi connectivity index (χ1n) is 3.90. The number of rotatable bonds is 3. The number of nitrogens with one attached hydrogen (secondary N) is 1. The van der Waals surface area contributed by atoms with Crippen LogP contribution in [-0.2, 0) is 6.42 Å². The fourth-order valence-corrected chi connectivity index (χ4v) is 1.51. The molecule has 0 bridgehead atoms. The van der Waals surface area contributed by atoms with Crippen LogP contribution in [0.5, 0.6) is 0 Å². The first-order chi connectivity index (χ1) is 6.40. The van der Waals surface area contributed by atoms with Crippen LogP contribution in [-0.4, -0.2) is 26.7 Å². The molecule has 2 aromatic heterocycles. The summed E-state index contributed by atoms with van der Waals surface area (Å²) in [4.78, 5) is 8.34. The highest BCUT2D eigenvalue weighted by molar-refractivity contribution is 7.07. The van der Waals surface area contributed by atoms with E-state index in [2.05, 4.69) is 20.2 Å². The Bertz CT molecular complexity index is 366. The zero-order valence-electron chi connectivity index (χ0n) is 6.90. The second-order valence-electron chi connectivity index (χ2n) is 2.52. The number of nitrogens with two attached hydrogens (primary N) is 1.